The molecule has 1 aromatic rings. The zero-order valence-electron chi connectivity index (χ0n) is 19.9. The lowest BCUT2D eigenvalue weighted by Crippen LogP contribution is -2.38. The van der Waals surface area contributed by atoms with Gasteiger partial charge >= 0.3 is 5.97 Å². The molecule has 0 unspecified atom stereocenters. The number of guanidine groups is 1. The topological polar surface area (TPSA) is 146 Å². The summed E-state index contributed by atoms with van der Waals surface area (Å²) in [6, 6.07) is -0.674. The number of fused-ring (bicyclic) bond motifs is 1. The fourth-order valence-electron chi connectivity index (χ4n) is 3.92. The summed E-state index contributed by atoms with van der Waals surface area (Å²) in [6.07, 6.45) is 3.25. The number of aliphatic imine (C=N–C) groups is 1. The molecule has 0 aliphatic carbocycles. The van der Waals surface area contributed by atoms with Gasteiger partial charge in [-0.25, -0.2) is 13.1 Å². The van der Waals surface area contributed by atoms with E-state index in [4.69, 9.17) is 16.2 Å². The Balaban J connectivity index is 2.13. The molecule has 0 saturated carbocycles. The minimum Gasteiger partial charge on any atom is -0.487 e. The summed E-state index contributed by atoms with van der Waals surface area (Å²) in [5.41, 5.74) is 14.3. The highest BCUT2D eigenvalue weighted by Crippen LogP contribution is 2.42. The number of nitrogens with zero attached hydrogens (tertiary/aromatic N) is 1. The first-order valence-electron chi connectivity index (χ1n) is 10.8. The number of hydrogen-bond acceptors (Lipinski definition) is 7. The van der Waals surface area contributed by atoms with E-state index in [2.05, 4.69) is 14.5 Å². The Morgan fingerprint density at radius 2 is 1.88 bits per heavy atom. The third kappa shape index (κ3) is 5.92. The van der Waals surface area contributed by atoms with Gasteiger partial charge in [-0.05, 0) is 89.0 Å². The first-order chi connectivity index (χ1) is 14.8. The molecule has 1 heterocycles. The third-order valence-corrected chi connectivity index (χ3v) is 7.51. The van der Waals surface area contributed by atoms with Crippen LogP contribution < -0.4 is 20.9 Å². The zero-order chi connectivity index (χ0) is 24.3. The number of methoxy groups -OCH3 is 1. The Morgan fingerprint density at radius 3 is 2.50 bits per heavy atom. The molecule has 0 fully saturated rings. The van der Waals surface area contributed by atoms with Crippen molar-refractivity contribution in [3.63, 3.8) is 0 Å². The lowest BCUT2D eigenvalue weighted by Gasteiger charge is -2.35. The molecule has 10 heteroatoms. The van der Waals surface area contributed by atoms with Crippen molar-refractivity contribution in [3.05, 3.63) is 22.3 Å². The van der Waals surface area contributed by atoms with Gasteiger partial charge in [-0.2, -0.15) is 0 Å². The molecule has 0 aromatic heterocycles. The minimum atomic E-state index is -3.92. The second-order valence-corrected chi connectivity index (χ2v) is 10.5. The van der Waals surface area contributed by atoms with Crippen molar-refractivity contribution in [2.75, 3.05) is 13.7 Å². The Kier molecular flexibility index (Phi) is 8.17. The van der Waals surface area contributed by atoms with Gasteiger partial charge in [0.2, 0.25) is 5.96 Å². The van der Waals surface area contributed by atoms with E-state index in [0.29, 0.717) is 36.9 Å². The number of carbonyl (C=O) groups is 1. The Labute approximate surface area is 191 Å². The molecule has 0 bridgehead atoms. The minimum absolute atomic E-state index is 0.172. The van der Waals surface area contributed by atoms with E-state index in [1.165, 1.54) is 7.11 Å². The van der Waals surface area contributed by atoms with Crippen molar-refractivity contribution in [2.45, 2.75) is 83.3 Å². The molecule has 180 valence electrons. The highest BCUT2D eigenvalue weighted by Gasteiger charge is 2.33. The lowest BCUT2D eigenvalue weighted by atomic mass is 9.88. The molecular formula is C22H36N4O5S. The SMILES string of the molecule is COC(=O)[C@@H](N)CCCCN=C(N)NS(=O)(=O)c1c(C)c(C)c2c(c1C)CCC(C)(C)O2. The number of benzene rings is 1. The largest absolute Gasteiger partial charge is 0.487 e. The molecule has 0 radical (unpaired) electrons. The number of nitrogens with one attached hydrogen (secondary N) is 1. The molecule has 9 nitrogen and oxygen atoms in total. The molecule has 1 aromatic carbocycles. The van der Waals surface area contributed by atoms with Gasteiger partial charge in [0.25, 0.3) is 10.0 Å². The highest BCUT2D eigenvalue weighted by atomic mass is 32.2. The van der Waals surface area contributed by atoms with Crippen LogP contribution in [-0.2, 0) is 26.0 Å². The zero-order valence-corrected chi connectivity index (χ0v) is 20.7. The van der Waals surface area contributed by atoms with E-state index < -0.39 is 22.0 Å². The Bertz CT molecular complexity index is 1000. The van der Waals surface area contributed by atoms with Crippen LogP contribution in [-0.4, -0.2) is 45.6 Å². The molecule has 1 aliphatic heterocycles. The van der Waals surface area contributed by atoms with Crippen LogP contribution in [0.2, 0.25) is 0 Å². The maximum atomic E-state index is 13.2. The summed E-state index contributed by atoms with van der Waals surface area (Å²) in [4.78, 5) is 15.6. The average Bonchev–Trinajstić information content (AvgIpc) is 2.69. The maximum absolute atomic E-state index is 13.2. The summed E-state index contributed by atoms with van der Waals surface area (Å²) < 4.78 is 39.5. The van der Waals surface area contributed by atoms with Crippen molar-refractivity contribution in [1.82, 2.24) is 4.72 Å². The number of nitrogens with two attached hydrogens (primary N) is 2. The number of carbonyl (C=O) groups excluding carboxylic acids is 1. The normalized spacial score (nSPS) is 16.7. The summed E-state index contributed by atoms with van der Waals surface area (Å²) >= 11 is 0. The van der Waals surface area contributed by atoms with Crippen LogP contribution >= 0.6 is 0 Å². The smallest absolute Gasteiger partial charge is 0.322 e. The molecule has 1 atom stereocenters. The number of rotatable bonds is 8. The van der Waals surface area contributed by atoms with E-state index in [0.717, 1.165) is 29.7 Å². The van der Waals surface area contributed by atoms with Gasteiger partial charge in [-0.3, -0.25) is 9.79 Å². The number of unbranched alkanes of at least 4 members (excludes halogenated alkanes) is 1. The molecule has 2 rings (SSSR count). The van der Waals surface area contributed by atoms with E-state index in [1.54, 1.807) is 13.8 Å². The van der Waals surface area contributed by atoms with Crippen LogP contribution in [0.15, 0.2) is 9.89 Å². The second kappa shape index (κ2) is 10.1. The van der Waals surface area contributed by atoms with Crippen molar-refractivity contribution >= 4 is 22.0 Å². The number of sulfonamides is 1. The third-order valence-electron chi connectivity index (χ3n) is 5.88. The molecule has 0 spiro atoms. The fourth-order valence-corrected chi connectivity index (χ4v) is 5.44. The van der Waals surface area contributed by atoms with Crippen molar-refractivity contribution in [1.29, 1.82) is 0 Å². The molecule has 0 amide bonds. The van der Waals surface area contributed by atoms with Crippen LogP contribution in [0.1, 0.15) is 61.8 Å². The van der Waals surface area contributed by atoms with Gasteiger partial charge in [0.1, 0.15) is 17.4 Å². The number of hydrogen-bond donors (Lipinski definition) is 3. The van der Waals surface area contributed by atoms with Crippen molar-refractivity contribution in [3.8, 4) is 5.75 Å². The quantitative estimate of drug-likeness (QED) is 0.229. The highest BCUT2D eigenvalue weighted by molar-refractivity contribution is 7.90. The van der Waals surface area contributed by atoms with E-state index >= 15 is 0 Å². The Morgan fingerprint density at radius 1 is 1.22 bits per heavy atom. The average molecular weight is 469 g/mol. The van der Waals surface area contributed by atoms with E-state index in [1.807, 2.05) is 20.8 Å². The summed E-state index contributed by atoms with van der Waals surface area (Å²) in [5, 5.41) is 0. The number of esters is 1. The molecule has 0 saturated heterocycles. The summed E-state index contributed by atoms with van der Waals surface area (Å²) in [5.74, 6) is 0.150. The van der Waals surface area contributed by atoms with Gasteiger partial charge < -0.3 is 20.9 Å². The van der Waals surface area contributed by atoms with Gasteiger partial charge in [0.05, 0.1) is 12.0 Å². The first kappa shape index (κ1) is 25.9. The molecule has 1 aliphatic rings. The second-order valence-electron chi connectivity index (χ2n) is 8.87. The Hall–Kier alpha value is -2.33. The van der Waals surface area contributed by atoms with Crippen LogP contribution in [0.25, 0.3) is 0 Å². The van der Waals surface area contributed by atoms with Gasteiger partial charge in [-0.1, -0.05) is 0 Å². The summed E-state index contributed by atoms with van der Waals surface area (Å²) in [6.45, 7) is 9.84. The van der Waals surface area contributed by atoms with Crippen LogP contribution in [0.4, 0.5) is 0 Å². The lowest BCUT2D eigenvalue weighted by molar-refractivity contribution is -0.142. The van der Waals surface area contributed by atoms with Crippen molar-refractivity contribution in [2.24, 2.45) is 16.5 Å². The van der Waals surface area contributed by atoms with Crippen LogP contribution in [0, 0.1) is 20.8 Å². The van der Waals surface area contributed by atoms with Crippen molar-refractivity contribution < 1.29 is 22.7 Å². The van der Waals surface area contributed by atoms with Gasteiger partial charge in [0, 0.05) is 6.54 Å². The van der Waals surface area contributed by atoms with Crippen LogP contribution in [0.5, 0.6) is 5.75 Å². The molecule has 5 N–H and O–H groups in total. The monoisotopic (exact) mass is 468 g/mol. The maximum Gasteiger partial charge on any atom is 0.322 e. The predicted octanol–water partition coefficient (Wildman–Crippen LogP) is 1.98. The van der Waals surface area contributed by atoms with Gasteiger partial charge in [-0.15, -0.1) is 0 Å². The molecule has 32 heavy (non-hydrogen) atoms. The molecular weight excluding hydrogens is 432 g/mol. The standard InChI is InChI=1S/C22H36N4O5S/c1-13-14(2)19(15(3)16-10-11-22(4,5)31-18(13)16)32(28,29)26-21(24)25-12-8-7-9-17(23)20(27)30-6/h17H,7-12,23H2,1-6H3,(H3,24,25,26)/t17-/m0/s1. The first-order valence-corrected chi connectivity index (χ1v) is 12.3. The summed E-state index contributed by atoms with van der Waals surface area (Å²) in [7, 11) is -2.63. The van der Waals surface area contributed by atoms with E-state index in [-0.39, 0.29) is 16.5 Å². The van der Waals surface area contributed by atoms with Gasteiger partial charge in [0.15, 0.2) is 0 Å². The predicted molar refractivity (Wildman–Crippen MR) is 124 cm³/mol. The number of ether oxygens (including phenoxy) is 2. The fraction of sp³-hybridized carbons (Fsp3) is 0.636. The van der Waals surface area contributed by atoms with Crippen LogP contribution in [0.3, 0.4) is 0 Å². The van der Waals surface area contributed by atoms with E-state index in [9.17, 15) is 13.2 Å².